The van der Waals surface area contributed by atoms with Crippen LogP contribution in [0.15, 0.2) is 57.8 Å². The van der Waals surface area contributed by atoms with Crippen LogP contribution in [0.25, 0.3) is 0 Å². The fourth-order valence-electron chi connectivity index (χ4n) is 4.24. The number of nitrogens with zero attached hydrogens (tertiary/aromatic N) is 2. The molecule has 2 aromatic rings. The van der Waals surface area contributed by atoms with Crippen LogP contribution in [-0.4, -0.2) is 41.6 Å². The summed E-state index contributed by atoms with van der Waals surface area (Å²) in [6.45, 7) is 3.84. The highest BCUT2D eigenvalue weighted by Crippen LogP contribution is 2.36. The van der Waals surface area contributed by atoms with Gasteiger partial charge in [0, 0.05) is 18.2 Å². The lowest BCUT2D eigenvalue weighted by Gasteiger charge is -2.30. The Morgan fingerprint density at radius 2 is 1.59 bits per heavy atom. The average Bonchev–Trinajstić information content (AvgIpc) is 3.10. The Bertz CT molecular complexity index is 1190. The predicted octanol–water partition coefficient (Wildman–Crippen LogP) is 4.65. The van der Waals surface area contributed by atoms with Crippen molar-refractivity contribution in [3.63, 3.8) is 0 Å². The van der Waals surface area contributed by atoms with Crippen molar-refractivity contribution < 1.29 is 18.0 Å². The molecule has 0 radical (unpaired) electrons. The second kappa shape index (κ2) is 10.3. The van der Waals surface area contributed by atoms with Gasteiger partial charge < -0.3 is 5.32 Å². The van der Waals surface area contributed by atoms with E-state index in [4.69, 9.17) is 0 Å². The van der Waals surface area contributed by atoms with Crippen molar-refractivity contribution in [3.8, 4) is 0 Å². The van der Waals surface area contributed by atoms with Crippen molar-refractivity contribution in [2.24, 2.45) is 4.40 Å². The molecule has 0 aromatic heterocycles. The van der Waals surface area contributed by atoms with E-state index in [0.717, 1.165) is 55.0 Å². The van der Waals surface area contributed by atoms with E-state index in [1.165, 1.54) is 12.1 Å². The second-order valence-corrected chi connectivity index (χ2v) is 11.7. The minimum atomic E-state index is -3.99. The van der Waals surface area contributed by atoms with Crippen LogP contribution in [0.3, 0.4) is 0 Å². The maximum Gasteiger partial charge on any atom is 0.284 e. The van der Waals surface area contributed by atoms with Crippen LogP contribution in [-0.2, 0) is 19.6 Å². The number of hydrogen-bond acceptors (Lipinski definition) is 5. The molecule has 1 saturated carbocycles. The first-order chi connectivity index (χ1) is 16.2. The van der Waals surface area contributed by atoms with Crippen molar-refractivity contribution in [2.45, 2.75) is 68.6 Å². The fourth-order valence-corrected chi connectivity index (χ4v) is 6.64. The van der Waals surface area contributed by atoms with Crippen LogP contribution >= 0.6 is 11.8 Å². The molecule has 2 aliphatic rings. The monoisotopic (exact) mass is 499 g/mol. The van der Waals surface area contributed by atoms with Crippen molar-refractivity contribution >= 4 is 44.5 Å². The van der Waals surface area contributed by atoms with Gasteiger partial charge in [-0.2, -0.15) is 8.42 Å². The molecule has 0 bridgehead atoms. The largest absolute Gasteiger partial charge is 0.326 e. The summed E-state index contributed by atoms with van der Waals surface area (Å²) in [6.07, 6.45) is 4.62. The highest BCUT2D eigenvalue weighted by Gasteiger charge is 2.43. The smallest absolute Gasteiger partial charge is 0.284 e. The molecule has 1 unspecified atom stereocenters. The van der Waals surface area contributed by atoms with Crippen LogP contribution in [0.4, 0.5) is 5.69 Å². The standard InChI is InChI=1S/C25H29N3O4S2/c1-17-8-12-19(13-9-17)26-23(29)16-22-24(30)28(20-6-4-3-5-7-20)25(33-22)27-34(31,32)21-14-10-18(2)11-15-21/h8-15,20,22H,3-7,16H2,1-2H3,(H,26,29)/b27-25+. The molecule has 0 spiro atoms. The lowest BCUT2D eigenvalue weighted by molar-refractivity contribution is -0.130. The molecule has 9 heteroatoms. The fraction of sp³-hybridized carbons (Fsp3) is 0.400. The summed E-state index contributed by atoms with van der Waals surface area (Å²) >= 11 is 1.07. The number of carbonyl (C=O) groups excluding carboxylic acids is 2. The molecular weight excluding hydrogens is 470 g/mol. The van der Waals surface area contributed by atoms with Crippen LogP contribution < -0.4 is 5.32 Å². The summed E-state index contributed by atoms with van der Waals surface area (Å²) in [5, 5.41) is 2.29. The van der Waals surface area contributed by atoms with Crippen LogP contribution in [0.1, 0.15) is 49.7 Å². The van der Waals surface area contributed by atoms with Gasteiger partial charge in [0.05, 0.1) is 4.90 Å². The topological polar surface area (TPSA) is 95.9 Å². The summed E-state index contributed by atoms with van der Waals surface area (Å²) in [7, 11) is -3.99. The number of carbonyl (C=O) groups is 2. The van der Waals surface area contributed by atoms with Crippen LogP contribution in [0, 0.1) is 13.8 Å². The maximum absolute atomic E-state index is 13.4. The Balaban J connectivity index is 1.57. The zero-order chi connectivity index (χ0) is 24.3. The van der Waals surface area contributed by atoms with Crippen molar-refractivity contribution in [1.82, 2.24) is 4.90 Å². The molecule has 1 N–H and O–H groups in total. The van der Waals surface area contributed by atoms with E-state index < -0.39 is 15.3 Å². The molecule has 2 fully saturated rings. The van der Waals surface area contributed by atoms with Crippen LogP contribution in [0.2, 0.25) is 0 Å². The van der Waals surface area contributed by atoms with E-state index in [1.807, 2.05) is 38.1 Å². The third-order valence-corrected chi connectivity index (χ3v) is 8.68. The molecule has 4 rings (SSSR count). The summed E-state index contributed by atoms with van der Waals surface area (Å²) in [5.74, 6) is -0.533. The Morgan fingerprint density at radius 3 is 2.21 bits per heavy atom. The van der Waals surface area contributed by atoms with E-state index in [1.54, 1.807) is 17.0 Å². The predicted molar refractivity (Wildman–Crippen MR) is 135 cm³/mol. The number of anilines is 1. The van der Waals surface area contributed by atoms with E-state index in [0.29, 0.717) is 5.69 Å². The maximum atomic E-state index is 13.4. The van der Waals surface area contributed by atoms with Crippen molar-refractivity contribution in [1.29, 1.82) is 0 Å². The summed E-state index contributed by atoms with van der Waals surface area (Å²) in [5.41, 5.74) is 2.69. The summed E-state index contributed by atoms with van der Waals surface area (Å²) < 4.78 is 30.1. The molecule has 1 heterocycles. The Hall–Kier alpha value is -2.65. The second-order valence-electron chi connectivity index (χ2n) is 8.89. The zero-order valence-corrected chi connectivity index (χ0v) is 21.0. The van der Waals surface area contributed by atoms with Gasteiger partial charge >= 0.3 is 0 Å². The van der Waals surface area contributed by atoms with Gasteiger partial charge in [-0.15, -0.1) is 4.40 Å². The van der Waals surface area contributed by atoms with E-state index in [-0.39, 0.29) is 34.3 Å². The highest BCUT2D eigenvalue weighted by atomic mass is 32.2. The third kappa shape index (κ3) is 5.70. The first-order valence-corrected chi connectivity index (χ1v) is 13.8. The van der Waals surface area contributed by atoms with Gasteiger partial charge in [0.15, 0.2) is 5.17 Å². The van der Waals surface area contributed by atoms with Gasteiger partial charge in [0.1, 0.15) is 5.25 Å². The number of amidine groups is 1. The van der Waals surface area contributed by atoms with Crippen LogP contribution in [0.5, 0.6) is 0 Å². The molecular formula is C25H29N3O4S2. The Kier molecular flexibility index (Phi) is 7.42. The van der Waals surface area contributed by atoms with Gasteiger partial charge in [-0.3, -0.25) is 14.5 Å². The Morgan fingerprint density at radius 1 is 1.00 bits per heavy atom. The number of aryl methyl sites for hydroxylation is 2. The van der Waals surface area contributed by atoms with Gasteiger partial charge in [-0.05, 0) is 51.0 Å². The van der Waals surface area contributed by atoms with Gasteiger partial charge in [0.25, 0.3) is 10.0 Å². The number of thioether (sulfide) groups is 1. The number of benzene rings is 2. The average molecular weight is 500 g/mol. The minimum Gasteiger partial charge on any atom is -0.326 e. The first kappa shape index (κ1) is 24.5. The van der Waals surface area contributed by atoms with E-state index in [2.05, 4.69) is 9.71 Å². The number of nitrogens with one attached hydrogen (secondary N) is 1. The molecule has 2 aromatic carbocycles. The Labute approximate surface area is 205 Å². The molecule has 1 aliphatic carbocycles. The number of hydrogen-bond donors (Lipinski definition) is 1. The minimum absolute atomic E-state index is 0.0514. The third-order valence-electron chi connectivity index (χ3n) is 6.13. The summed E-state index contributed by atoms with van der Waals surface area (Å²) in [4.78, 5) is 27.7. The van der Waals surface area contributed by atoms with Gasteiger partial charge in [-0.1, -0.05) is 66.4 Å². The SMILES string of the molecule is Cc1ccc(NC(=O)CC2S/C(=N/S(=O)(=O)c3ccc(C)cc3)N(C3CCCCC3)C2=O)cc1. The highest BCUT2D eigenvalue weighted by molar-refractivity contribution is 8.16. The van der Waals surface area contributed by atoms with E-state index >= 15 is 0 Å². The van der Waals surface area contributed by atoms with E-state index in [9.17, 15) is 18.0 Å². The van der Waals surface area contributed by atoms with Crippen molar-refractivity contribution in [3.05, 3.63) is 59.7 Å². The molecule has 1 saturated heterocycles. The molecule has 7 nitrogen and oxygen atoms in total. The normalized spacial score (nSPS) is 20.6. The molecule has 34 heavy (non-hydrogen) atoms. The van der Waals surface area contributed by atoms with Gasteiger partial charge in [0.2, 0.25) is 11.8 Å². The number of amides is 2. The van der Waals surface area contributed by atoms with Crippen molar-refractivity contribution in [2.75, 3.05) is 5.32 Å². The first-order valence-electron chi connectivity index (χ1n) is 11.5. The number of rotatable bonds is 6. The lowest BCUT2D eigenvalue weighted by Crippen LogP contribution is -2.42. The quantitative estimate of drug-likeness (QED) is 0.624. The number of sulfonamides is 1. The molecule has 2 amide bonds. The molecule has 1 aliphatic heterocycles. The lowest BCUT2D eigenvalue weighted by atomic mass is 9.94. The zero-order valence-electron chi connectivity index (χ0n) is 19.4. The molecule has 1 atom stereocenters. The molecule has 180 valence electrons. The summed E-state index contributed by atoms with van der Waals surface area (Å²) in [6, 6.07) is 13.8. The van der Waals surface area contributed by atoms with Gasteiger partial charge in [-0.25, -0.2) is 0 Å².